The molecule has 1 amide bonds. The molecule has 22 heavy (non-hydrogen) atoms. The highest BCUT2D eigenvalue weighted by molar-refractivity contribution is 7.98. The van der Waals surface area contributed by atoms with E-state index in [4.69, 9.17) is 4.74 Å². The number of rotatable bonds is 4. The second kappa shape index (κ2) is 7.37. The minimum absolute atomic E-state index is 0.325. The van der Waals surface area contributed by atoms with Crippen molar-refractivity contribution in [2.24, 2.45) is 0 Å². The van der Waals surface area contributed by atoms with Crippen molar-refractivity contribution in [3.8, 4) is 0 Å². The molecule has 1 aromatic rings. The largest absolute Gasteiger partial charge is 0.406 e. The van der Waals surface area contributed by atoms with Crippen LogP contribution in [0.2, 0.25) is 0 Å². The number of amides is 1. The van der Waals surface area contributed by atoms with Gasteiger partial charge in [0.2, 0.25) is 0 Å². The molecule has 1 aliphatic rings. The zero-order chi connectivity index (χ0) is 16.2. The fraction of sp³-hybridized carbons (Fsp3) is 0.533. The van der Waals surface area contributed by atoms with Crippen molar-refractivity contribution in [1.29, 1.82) is 0 Å². The molecule has 1 aromatic carbocycles. The summed E-state index contributed by atoms with van der Waals surface area (Å²) >= 11 is 1.35. The first kappa shape index (κ1) is 17.1. The molecule has 3 nitrogen and oxygen atoms in total. The van der Waals surface area contributed by atoms with Crippen molar-refractivity contribution in [3.05, 3.63) is 29.8 Å². The maximum atomic E-state index is 12.9. The van der Waals surface area contributed by atoms with Crippen LogP contribution in [0.3, 0.4) is 0 Å². The Kier molecular flexibility index (Phi) is 5.74. The molecule has 1 fully saturated rings. The topological polar surface area (TPSA) is 29.5 Å². The van der Waals surface area contributed by atoms with Gasteiger partial charge < -0.3 is 9.64 Å². The summed E-state index contributed by atoms with van der Waals surface area (Å²) in [7, 11) is 0. The van der Waals surface area contributed by atoms with Crippen LogP contribution in [0.25, 0.3) is 0 Å². The average Bonchev–Trinajstić information content (AvgIpc) is 2.52. The van der Waals surface area contributed by atoms with Gasteiger partial charge in [-0.3, -0.25) is 4.79 Å². The molecule has 2 rings (SSSR count). The molecule has 0 aromatic heterocycles. The lowest BCUT2D eigenvalue weighted by molar-refractivity contribution is -0.147. The molecular formula is C15H18F3NO2S. The highest BCUT2D eigenvalue weighted by Crippen LogP contribution is 2.27. The Morgan fingerprint density at radius 2 is 1.95 bits per heavy atom. The van der Waals surface area contributed by atoms with Crippen LogP contribution in [0.15, 0.2) is 29.2 Å². The first-order chi connectivity index (χ1) is 10.4. The van der Waals surface area contributed by atoms with Crippen LogP contribution in [0.5, 0.6) is 0 Å². The van der Waals surface area contributed by atoms with E-state index >= 15 is 0 Å². The van der Waals surface area contributed by atoms with Crippen LogP contribution < -0.4 is 0 Å². The number of thioether (sulfide) groups is 1. The molecule has 0 bridgehead atoms. The number of carbonyl (C=O) groups is 1. The van der Waals surface area contributed by atoms with Gasteiger partial charge in [-0.15, -0.1) is 11.8 Å². The van der Waals surface area contributed by atoms with E-state index in [-0.39, 0.29) is 0 Å². The second-order valence-electron chi connectivity index (χ2n) is 5.09. The maximum absolute atomic E-state index is 12.9. The molecule has 1 aliphatic heterocycles. The van der Waals surface area contributed by atoms with Gasteiger partial charge in [0.05, 0.1) is 5.56 Å². The molecule has 0 unspecified atom stereocenters. The van der Waals surface area contributed by atoms with Crippen LogP contribution in [-0.2, 0) is 4.74 Å². The van der Waals surface area contributed by atoms with Crippen LogP contribution in [0.4, 0.5) is 13.2 Å². The standard InChI is InChI=1S/C15H18F3NO2S/c1-22-13-5-3-2-4-12(13)14(20)19(10-15(16,17)18)11-6-8-21-9-7-11/h2-5,11H,6-10H2,1H3. The molecule has 0 saturated carbocycles. The van der Waals surface area contributed by atoms with E-state index in [9.17, 15) is 18.0 Å². The van der Waals surface area contributed by atoms with Crippen LogP contribution in [0, 0.1) is 0 Å². The van der Waals surface area contributed by atoms with E-state index < -0.39 is 24.7 Å². The molecule has 1 saturated heterocycles. The molecule has 0 spiro atoms. The Balaban J connectivity index is 2.28. The summed E-state index contributed by atoms with van der Waals surface area (Å²) in [4.78, 5) is 14.3. The van der Waals surface area contributed by atoms with E-state index in [0.717, 1.165) is 4.90 Å². The first-order valence-corrected chi connectivity index (χ1v) is 8.23. The Morgan fingerprint density at radius 3 is 2.55 bits per heavy atom. The van der Waals surface area contributed by atoms with Gasteiger partial charge in [-0.1, -0.05) is 12.1 Å². The van der Waals surface area contributed by atoms with Crippen LogP contribution >= 0.6 is 11.8 Å². The third-order valence-corrected chi connectivity index (χ3v) is 4.38. The quantitative estimate of drug-likeness (QED) is 0.789. The molecule has 0 aliphatic carbocycles. The molecular weight excluding hydrogens is 315 g/mol. The zero-order valence-corrected chi connectivity index (χ0v) is 13.0. The van der Waals surface area contributed by atoms with Gasteiger partial charge in [-0.25, -0.2) is 0 Å². The van der Waals surface area contributed by atoms with E-state index in [1.807, 2.05) is 0 Å². The minimum Gasteiger partial charge on any atom is -0.381 e. The predicted octanol–water partition coefficient (Wildman–Crippen LogP) is 3.59. The highest BCUT2D eigenvalue weighted by atomic mass is 32.2. The number of alkyl halides is 3. The highest BCUT2D eigenvalue weighted by Gasteiger charge is 2.37. The number of ether oxygens (including phenoxy) is 1. The van der Waals surface area contributed by atoms with Crippen LogP contribution in [0.1, 0.15) is 23.2 Å². The normalized spacial score (nSPS) is 16.5. The van der Waals surface area contributed by atoms with Gasteiger partial charge in [0, 0.05) is 24.2 Å². The third-order valence-electron chi connectivity index (χ3n) is 3.58. The van der Waals surface area contributed by atoms with Crippen molar-refractivity contribution in [2.75, 3.05) is 26.0 Å². The Hall–Kier alpha value is -1.21. The van der Waals surface area contributed by atoms with Gasteiger partial charge in [0.25, 0.3) is 5.91 Å². The van der Waals surface area contributed by atoms with Crippen molar-refractivity contribution in [3.63, 3.8) is 0 Å². The predicted molar refractivity (Wildman–Crippen MR) is 79.2 cm³/mol. The number of benzene rings is 1. The molecule has 1 heterocycles. The first-order valence-electron chi connectivity index (χ1n) is 7.01. The summed E-state index contributed by atoms with van der Waals surface area (Å²) in [6.07, 6.45) is -1.75. The lowest BCUT2D eigenvalue weighted by atomic mass is 10.1. The number of hydrogen-bond acceptors (Lipinski definition) is 3. The summed E-state index contributed by atoms with van der Waals surface area (Å²) in [5, 5.41) is 0. The van der Waals surface area contributed by atoms with Gasteiger partial charge in [0.15, 0.2) is 0 Å². The smallest absolute Gasteiger partial charge is 0.381 e. The SMILES string of the molecule is CSc1ccccc1C(=O)N(CC(F)(F)F)C1CCOCC1. The summed E-state index contributed by atoms with van der Waals surface area (Å²) in [5.41, 5.74) is 0.325. The summed E-state index contributed by atoms with van der Waals surface area (Å²) in [6, 6.07) is 6.33. The van der Waals surface area contributed by atoms with Gasteiger partial charge in [0.1, 0.15) is 6.54 Å². The lowest BCUT2D eigenvalue weighted by Gasteiger charge is -2.35. The lowest BCUT2D eigenvalue weighted by Crippen LogP contribution is -2.48. The fourth-order valence-electron chi connectivity index (χ4n) is 2.53. The molecule has 0 atom stereocenters. The number of carbonyl (C=O) groups excluding carboxylic acids is 1. The van der Waals surface area contributed by atoms with Crippen LogP contribution in [-0.4, -0.2) is 49.0 Å². The van der Waals surface area contributed by atoms with Gasteiger partial charge in [-0.05, 0) is 31.2 Å². The van der Waals surface area contributed by atoms with Crippen molar-refractivity contribution in [2.45, 2.75) is 30.0 Å². The molecule has 122 valence electrons. The number of hydrogen-bond donors (Lipinski definition) is 0. The van der Waals surface area contributed by atoms with Gasteiger partial charge >= 0.3 is 6.18 Å². The zero-order valence-electron chi connectivity index (χ0n) is 12.2. The third kappa shape index (κ3) is 4.39. The Bertz CT molecular complexity index is 516. The van der Waals surface area contributed by atoms with E-state index in [0.29, 0.717) is 36.5 Å². The monoisotopic (exact) mass is 333 g/mol. The average molecular weight is 333 g/mol. The Labute approximate surface area is 131 Å². The molecule has 0 radical (unpaired) electrons. The van der Waals surface area contributed by atoms with Crippen molar-refractivity contribution in [1.82, 2.24) is 4.90 Å². The van der Waals surface area contributed by atoms with Crippen molar-refractivity contribution >= 4 is 17.7 Å². The van der Waals surface area contributed by atoms with Crippen molar-refractivity contribution < 1.29 is 22.7 Å². The van der Waals surface area contributed by atoms with E-state index in [2.05, 4.69) is 0 Å². The Morgan fingerprint density at radius 1 is 1.32 bits per heavy atom. The maximum Gasteiger partial charge on any atom is 0.406 e. The molecule has 7 heteroatoms. The van der Waals surface area contributed by atoms with Gasteiger partial charge in [-0.2, -0.15) is 13.2 Å². The van der Waals surface area contributed by atoms with E-state index in [1.54, 1.807) is 30.5 Å². The summed E-state index contributed by atoms with van der Waals surface area (Å²) < 4.78 is 43.9. The summed E-state index contributed by atoms with van der Waals surface area (Å²) in [5.74, 6) is -0.561. The molecule has 0 N–H and O–H groups in total. The second-order valence-corrected chi connectivity index (χ2v) is 5.94. The minimum atomic E-state index is -4.41. The summed E-state index contributed by atoms with van der Waals surface area (Å²) in [6.45, 7) is -0.452. The fourth-order valence-corrected chi connectivity index (χ4v) is 3.12. The van der Waals surface area contributed by atoms with E-state index in [1.165, 1.54) is 11.8 Å². The number of halogens is 3. The number of nitrogens with zero attached hydrogens (tertiary/aromatic N) is 1.